The van der Waals surface area contributed by atoms with Gasteiger partial charge in [0.05, 0.1) is 0 Å². The highest BCUT2D eigenvalue weighted by molar-refractivity contribution is 5.76. The van der Waals surface area contributed by atoms with E-state index in [1.807, 2.05) is 12.1 Å². The summed E-state index contributed by atoms with van der Waals surface area (Å²) in [7, 11) is 1.71. The van der Waals surface area contributed by atoms with Gasteiger partial charge in [-0.3, -0.25) is 9.59 Å². The fourth-order valence-electron chi connectivity index (χ4n) is 1.52. The summed E-state index contributed by atoms with van der Waals surface area (Å²) in [6.45, 7) is 0. The van der Waals surface area contributed by atoms with E-state index in [2.05, 4.69) is 0 Å². The summed E-state index contributed by atoms with van der Waals surface area (Å²) >= 11 is 0. The van der Waals surface area contributed by atoms with Crippen molar-refractivity contribution in [2.24, 2.45) is 7.05 Å². The first-order valence-corrected chi connectivity index (χ1v) is 4.93. The maximum atomic E-state index is 11.2. The first kappa shape index (κ1) is 10.4. The molecule has 80 valence electrons. The van der Waals surface area contributed by atoms with Crippen LogP contribution < -0.4 is 5.56 Å². The monoisotopic (exact) mass is 213 g/mol. The molecule has 0 bridgehead atoms. The van der Waals surface area contributed by atoms with Gasteiger partial charge in [0.15, 0.2) is 0 Å². The fraction of sp³-hybridized carbons (Fsp3) is 0.0769. The molecule has 1 aromatic carbocycles. The second kappa shape index (κ2) is 4.14. The van der Waals surface area contributed by atoms with E-state index in [9.17, 15) is 9.59 Å². The second-order valence-electron chi connectivity index (χ2n) is 3.61. The predicted molar refractivity (Wildman–Crippen MR) is 62.5 cm³/mol. The van der Waals surface area contributed by atoms with Crippen LogP contribution in [0.25, 0.3) is 11.1 Å². The number of rotatable bonds is 2. The van der Waals surface area contributed by atoms with Crippen molar-refractivity contribution in [1.29, 1.82) is 0 Å². The van der Waals surface area contributed by atoms with Crippen molar-refractivity contribution in [3.8, 4) is 11.1 Å². The average molecular weight is 213 g/mol. The Labute approximate surface area is 93.0 Å². The molecule has 3 heteroatoms. The third kappa shape index (κ3) is 1.93. The molecule has 1 aromatic heterocycles. The van der Waals surface area contributed by atoms with Crippen molar-refractivity contribution in [3.05, 3.63) is 58.5 Å². The van der Waals surface area contributed by atoms with Crippen LogP contribution in [0.3, 0.4) is 0 Å². The van der Waals surface area contributed by atoms with Crippen LogP contribution in [0.15, 0.2) is 47.4 Å². The van der Waals surface area contributed by atoms with Gasteiger partial charge in [-0.1, -0.05) is 24.3 Å². The van der Waals surface area contributed by atoms with E-state index in [-0.39, 0.29) is 5.56 Å². The van der Waals surface area contributed by atoms with Crippen LogP contribution in [0.1, 0.15) is 10.4 Å². The third-order valence-corrected chi connectivity index (χ3v) is 2.47. The van der Waals surface area contributed by atoms with Crippen LogP contribution in [-0.2, 0) is 7.05 Å². The molecular weight excluding hydrogens is 202 g/mol. The summed E-state index contributed by atoms with van der Waals surface area (Å²) in [5.74, 6) is 0. The van der Waals surface area contributed by atoms with Crippen LogP contribution in [0, 0.1) is 0 Å². The number of hydrogen-bond donors (Lipinski definition) is 0. The van der Waals surface area contributed by atoms with Crippen LogP contribution in [0.5, 0.6) is 0 Å². The molecule has 0 spiro atoms. The molecule has 1 heterocycles. The molecule has 0 fully saturated rings. The summed E-state index contributed by atoms with van der Waals surface area (Å²) < 4.78 is 1.53. The summed E-state index contributed by atoms with van der Waals surface area (Å²) in [5.41, 5.74) is 2.56. The number of benzene rings is 1. The maximum Gasteiger partial charge on any atom is 0.250 e. The zero-order chi connectivity index (χ0) is 11.5. The Morgan fingerprint density at radius 1 is 1.00 bits per heavy atom. The van der Waals surface area contributed by atoms with E-state index in [0.29, 0.717) is 5.56 Å². The minimum Gasteiger partial charge on any atom is -0.318 e. The lowest BCUT2D eigenvalue weighted by molar-refractivity contribution is 0.112. The fourth-order valence-corrected chi connectivity index (χ4v) is 1.52. The van der Waals surface area contributed by atoms with Gasteiger partial charge < -0.3 is 4.57 Å². The molecule has 0 atom stereocenters. The SMILES string of the molecule is Cn1cc(-c2ccc(C=O)cc2)ccc1=O. The predicted octanol–water partition coefficient (Wildman–Crippen LogP) is 1.86. The van der Waals surface area contributed by atoms with Gasteiger partial charge in [-0.2, -0.15) is 0 Å². The van der Waals surface area contributed by atoms with E-state index >= 15 is 0 Å². The lowest BCUT2D eigenvalue weighted by atomic mass is 10.1. The van der Waals surface area contributed by atoms with Gasteiger partial charge in [-0.25, -0.2) is 0 Å². The molecule has 0 N–H and O–H groups in total. The molecule has 0 aliphatic heterocycles. The molecule has 0 aliphatic carbocycles. The summed E-state index contributed by atoms with van der Waals surface area (Å²) in [6, 6.07) is 10.6. The molecule has 0 saturated heterocycles. The van der Waals surface area contributed by atoms with Crippen molar-refractivity contribution in [2.75, 3.05) is 0 Å². The average Bonchev–Trinajstić information content (AvgIpc) is 2.33. The van der Waals surface area contributed by atoms with Gasteiger partial charge in [0.2, 0.25) is 5.56 Å². The Kier molecular flexibility index (Phi) is 2.68. The van der Waals surface area contributed by atoms with Crippen LogP contribution in [0.2, 0.25) is 0 Å². The number of hydrogen-bond acceptors (Lipinski definition) is 2. The number of pyridine rings is 1. The lowest BCUT2D eigenvalue weighted by Gasteiger charge is -2.03. The van der Waals surface area contributed by atoms with Gasteiger partial charge in [-0.05, 0) is 17.2 Å². The van der Waals surface area contributed by atoms with Crippen molar-refractivity contribution in [2.45, 2.75) is 0 Å². The van der Waals surface area contributed by atoms with E-state index in [0.717, 1.165) is 17.4 Å². The van der Waals surface area contributed by atoms with E-state index in [4.69, 9.17) is 0 Å². The quantitative estimate of drug-likeness (QED) is 0.714. The highest BCUT2D eigenvalue weighted by Gasteiger charge is 1.99. The molecule has 3 nitrogen and oxygen atoms in total. The van der Waals surface area contributed by atoms with Crippen molar-refractivity contribution in [3.63, 3.8) is 0 Å². The first-order chi connectivity index (χ1) is 7.70. The van der Waals surface area contributed by atoms with Gasteiger partial charge in [0.25, 0.3) is 0 Å². The highest BCUT2D eigenvalue weighted by Crippen LogP contribution is 2.17. The van der Waals surface area contributed by atoms with E-state index < -0.39 is 0 Å². The van der Waals surface area contributed by atoms with Crippen LogP contribution in [-0.4, -0.2) is 10.9 Å². The lowest BCUT2D eigenvalue weighted by Crippen LogP contribution is -2.13. The van der Waals surface area contributed by atoms with Gasteiger partial charge in [0, 0.05) is 24.9 Å². The van der Waals surface area contributed by atoms with Crippen molar-refractivity contribution in [1.82, 2.24) is 4.57 Å². The maximum absolute atomic E-state index is 11.2. The van der Waals surface area contributed by atoms with E-state index in [1.54, 1.807) is 31.4 Å². The smallest absolute Gasteiger partial charge is 0.250 e. The van der Waals surface area contributed by atoms with E-state index in [1.165, 1.54) is 10.6 Å². The Hall–Kier alpha value is -2.16. The number of aldehydes is 1. The van der Waals surface area contributed by atoms with Crippen molar-refractivity contribution < 1.29 is 4.79 Å². The number of aromatic nitrogens is 1. The minimum absolute atomic E-state index is 0.0340. The zero-order valence-electron chi connectivity index (χ0n) is 8.88. The van der Waals surface area contributed by atoms with Crippen molar-refractivity contribution >= 4 is 6.29 Å². The normalized spacial score (nSPS) is 10.1. The molecule has 0 amide bonds. The third-order valence-electron chi connectivity index (χ3n) is 2.47. The summed E-state index contributed by atoms with van der Waals surface area (Å²) in [4.78, 5) is 21.7. The Morgan fingerprint density at radius 3 is 2.19 bits per heavy atom. The van der Waals surface area contributed by atoms with Crippen LogP contribution >= 0.6 is 0 Å². The Balaban J connectivity index is 2.46. The zero-order valence-corrected chi connectivity index (χ0v) is 8.88. The molecule has 0 unspecified atom stereocenters. The Morgan fingerprint density at radius 2 is 1.62 bits per heavy atom. The van der Waals surface area contributed by atoms with Gasteiger partial charge >= 0.3 is 0 Å². The number of nitrogens with zero attached hydrogens (tertiary/aromatic N) is 1. The topological polar surface area (TPSA) is 39.1 Å². The Bertz CT molecular complexity index is 567. The van der Waals surface area contributed by atoms with Crippen LogP contribution in [0.4, 0.5) is 0 Å². The molecule has 0 saturated carbocycles. The molecule has 0 aliphatic rings. The van der Waals surface area contributed by atoms with Gasteiger partial charge in [-0.15, -0.1) is 0 Å². The standard InChI is InChI=1S/C13H11NO2/c1-14-8-12(6-7-13(14)16)11-4-2-10(9-15)3-5-11/h2-9H,1H3. The van der Waals surface area contributed by atoms with Gasteiger partial charge in [0.1, 0.15) is 6.29 Å². The number of carbonyl (C=O) groups is 1. The number of carbonyl (C=O) groups excluding carboxylic acids is 1. The molecule has 2 rings (SSSR count). The second-order valence-corrected chi connectivity index (χ2v) is 3.61. The first-order valence-electron chi connectivity index (χ1n) is 4.93. The molecule has 16 heavy (non-hydrogen) atoms. The summed E-state index contributed by atoms with van der Waals surface area (Å²) in [6.07, 6.45) is 2.59. The molecule has 2 aromatic rings. The number of aryl methyl sites for hydroxylation is 1. The minimum atomic E-state index is -0.0340. The molecular formula is C13H11NO2. The molecule has 0 radical (unpaired) electrons. The summed E-state index contributed by atoms with van der Waals surface area (Å²) in [5, 5.41) is 0. The largest absolute Gasteiger partial charge is 0.318 e. The highest BCUT2D eigenvalue weighted by atomic mass is 16.1.